The van der Waals surface area contributed by atoms with Crippen LogP contribution in [0.1, 0.15) is 91.2 Å². The lowest BCUT2D eigenvalue weighted by Crippen LogP contribution is -2.49. The van der Waals surface area contributed by atoms with Crippen molar-refractivity contribution >= 4 is 23.0 Å². The summed E-state index contributed by atoms with van der Waals surface area (Å²) in [5, 5.41) is 0. The van der Waals surface area contributed by atoms with Crippen molar-refractivity contribution in [1.82, 2.24) is 19.8 Å². The summed E-state index contributed by atoms with van der Waals surface area (Å²) in [4.78, 5) is 27.5. The average molecular weight is 551 g/mol. The van der Waals surface area contributed by atoms with Gasteiger partial charge in [0.25, 0.3) is 0 Å². The molecule has 1 aromatic heterocycles. The third-order valence-electron chi connectivity index (χ3n) is 8.65. The van der Waals surface area contributed by atoms with Gasteiger partial charge in [-0.1, -0.05) is 42.0 Å². The van der Waals surface area contributed by atoms with Gasteiger partial charge in [-0.25, -0.2) is 9.97 Å². The maximum atomic E-state index is 12.8. The lowest BCUT2D eigenvalue weighted by Gasteiger charge is -2.42. The first-order valence-electron chi connectivity index (χ1n) is 14.8. The molecule has 2 aromatic rings. The highest BCUT2D eigenvalue weighted by atomic mass is 32.1. The number of aromatic nitrogens is 2. The van der Waals surface area contributed by atoms with Crippen LogP contribution >= 0.6 is 12.2 Å². The minimum absolute atomic E-state index is 0.168. The van der Waals surface area contributed by atoms with E-state index in [9.17, 15) is 4.79 Å². The number of likely N-dealkylation sites (tertiary alicyclic amines) is 1. The monoisotopic (exact) mass is 550 g/mol. The lowest BCUT2D eigenvalue weighted by molar-refractivity contribution is 0.0667. The summed E-state index contributed by atoms with van der Waals surface area (Å²) in [5.41, 5.74) is 4.92. The number of carbonyl (C=O) groups is 1. The number of thiocarbonyl (C=S) groups is 1. The summed E-state index contributed by atoms with van der Waals surface area (Å²) in [6, 6.07) is 9.80. The largest absolute Gasteiger partial charge is 0.381 e. The number of Topliss-reactive ketones (excluding diaryl/α,β-unsaturated/α-hetero) is 1. The molecule has 6 nitrogen and oxygen atoms in total. The second-order valence-electron chi connectivity index (χ2n) is 11.6. The van der Waals surface area contributed by atoms with Crippen LogP contribution in [0.5, 0.6) is 0 Å². The molecule has 0 radical (unpaired) electrons. The second-order valence-corrected chi connectivity index (χ2v) is 12.1. The van der Waals surface area contributed by atoms with E-state index < -0.39 is 0 Å². The highest BCUT2D eigenvalue weighted by molar-refractivity contribution is 7.80. The molecule has 3 heterocycles. The van der Waals surface area contributed by atoms with Crippen molar-refractivity contribution in [1.29, 1.82) is 0 Å². The summed E-state index contributed by atoms with van der Waals surface area (Å²) < 4.78 is 5.59. The standard InChI is InChI=1S/C32H46N4O2S/c1-23-7-5-9-28(19-23)21-36(31(39)20-27-13-17-38-18-14-27)29-11-15-35(16-12-29)24(2)8-6-10-30(37)32-25(3)33-22-34-26(32)4/h5,7,9,19,22,24,27,29H,6,8,10-18,20-21H2,1-4H3. The fraction of sp³-hybridized carbons (Fsp3) is 0.625. The van der Waals surface area contributed by atoms with Crippen LogP contribution < -0.4 is 0 Å². The Bertz CT molecular complexity index is 1090. The van der Waals surface area contributed by atoms with Crippen LogP contribution in [0.25, 0.3) is 0 Å². The summed E-state index contributed by atoms with van der Waals surface area (Å²) in [7, 11) is 0. The van der Waals surface area contributed by atoms with Gasteiger partial charge in [0.1, 0.15) is 6.33 Å². The first-order chi connectivity index (χ1) is 18.8. The smallest absolute Gasteiger partial charge is 0.166 e. The normalized spacial score (nSPS) is 18.2. The van der Waals surface area contributed by atoms with Crippen LogP contribution in [0.4, 0.5) is 0 Å². The van der Waals surface area contributed by atoms with Crippen molar-refractivity contribution in [3.05, 3.63) is 58.7 Å². The van der Waals surface area contributed by atoms with E-state index >= 15 is 0 Å². The molecule has 1 unspecified atom stereocenters. The molecule has 0 spiro atoms. The number of ketones is 1. The molecular formula is C32H46N4O2S. The molecule has 2 aliphatic heterocycles. The predicted octanol–water partition coefficient (Wildman–Crippen LogP) is 6.25. The van der Waals surface area contributed by atoms with Gasteiger partial charge in [-0.15, -0.1) is 0 Å². The SMILES string of the molecule is Cc1cccc(CN(C(=S)CC2CCOCC2)C2CCN(C(C)CCCC(=O)c3c(C)ncnc3C)CC2)c1. The number of aryl methyl sites for hydroxylation is 3. The van der Waals surface area contributed by atoms with Gasteiger partial charge in [-0.3, -0.25) is 4.79 Å². The Morgan fingerprint density at radius 2 is 1.79 bits per heavy atom. The number of hydrogen-bond acceptors (Lipinski definition) is 6. The van der Waals surface area contributed by atoms with Crippen molar-refractivity contribution in [3.8, 4) is 0 Å². The first kappa shape index (κ1) is 29.8. The molecule has 2 aliphatic rings. The zero-order valence-electron chi connectivity index (χ0n) is 24.3. The summed E-state index contributed by atoms with van der Waals surface area (Å²) in [5.74, 6) is 0.811. The average Bonchev–Trinajstić information content (AvgIpc) is 2.92. The van der Waals surface area contributed by atoms with Gasteiger partial charge in [0.15, 0.2) is 5.78 Å². The van der Waals surface area contributed by atoms with Crippen LogP contribution in [-0.2, 0) is 11.3 Å². The van der Waals surface area contributed by atoms with Crippen LogP contribution in [0, 0.1) is 26.7 Å². The molecule has 0 saturated carbocycles. The Labute approximate surface area is 240 Å². The summed E-state index contributed by atoms with van der Waals surface area (Å²) in [6.07, 6.45) is 9.50. The van der Waals surface area contributed by atoms with Crippen molar-refractivity contribution in [2.75, 3.05) is 26.3 Å². The number of rotatable bonds is 11. The topological polar surface area (TPSA) is 58.6 Å². The fourth-order valence-electron chi connectivity index (χ4n) is 6.24. The Morgan fingerprint density at radius 1 is 1.10 bits per heavy atom. The van der Waals surface area contributed by atoms with Gasteiger partial charge >= 0.3 is 0 Å². The molecule has 0 bridgehead atoms. The van der Waals surface area contributed by atoms with Crippen LogP contribution in [0.3, 0.4) is 0 Å². The van der Waals surface area contributed by atoms with Gasteiger partial charge < -0.3 is 14.5 Å². The quantitative estimate of drug-likeness (QED) is 0.242. The molecule has 0 aliphatic carbocycles. The molecule has 4 rings (SSSR count). The molecule has 212 valence electrons. The van der Waals surface area contributed by atoms with E-state index in [1.165, 1.54) is 17.5 Å². The van der Waals surface area contributed by atoms with Gasteiger partial charge in [-0.2, -0.15) is 0 Å². The van der Waals surface area contributed by atoms with E-state index in [4.69, 9.17) is 17.0 Å². The summed E-state index contributed by atoms with van der Waals surface area (Å²) >= 11 is 6.12. The minimum Gasteiger partial charge on any atom is -0.381 e. The number of benzene rings is 1. The Morgan fingerprint density at radius 3 is 2.46 bits per heavy atom. The molecule has 1 aromatic carbocycles. The maximum Gasteiger partial charge on any atom is 0.166 e. The second kappa shape index (κ2) is 14.4. The zero-order valence-corrected chi connectivity index (χ0v) is 25.1. The van der Waals surface area contributed by atoms with Crippen molar-refractivity contribution in [2.24, 2.45) is 5.92 Å². The fourth-order valence-corrected chi connectivity index (χ4v) is 6.69. The van der Waals surface area contributed by atoms with Gasteiger partial charge in [0.2, 0.25) is 0 Å². The number of carbonyl (C=O) groups excluding carboxylic acids is 1. The Kier molecular flexibility index (Phi) is 11.0. The summed E-state index contributed by atoms with van der Waals surface area (Å²) in [6.45, 7) is 13.1. The van der Waals surface area contributed by atoms with E-state index in [1.807, 2.05) is 13.8 Å². The predicted molar refractivity (Wildman–Crippen MR) is 161 cm³/mol. The Hall–Kier alpha value is -2.22. The van der Waals surface area contributed by atoms with Crippen molar-refractivity contribution in [3.63, 3.8) is 0 Å². The highest BCUT2D eigenvalue weighted by Gasteiger charge is 2.29. The van der Waals surface area contributed by atoms with E-state index in [0.717, 1.165) is 94.2 Å². The van der Waals surface area contributed by atoms with E-state index in [1.54, 1.807) is 0 Å². The third kappa shape index (κ3) is 8.38. The zero-order chi connectivity index (χ0) is 27.8. The lowest BCUT2D eigenvalue weighted by atomic mass is 9.94. The van der Waals surface area contributed by atoms with Gasteiger partial charge in [-0.05, 0) is 77.7 Å². The van der Waals surface area contributed by atoms with Gasteiger partial charge in [0, 0.05) is 57.8 Å². The first-order valence-corrected chi connectivity index (χ1v) is 15.2. The van der Waals surface area contributed by atoms with Crippen molar-refractivity contribution < 1.29 is 9.53 Å². The third-order valence-corrected chi connectivity index (χ3v) is 9.06. The minimum atomic E-state index is 0.168. The molecule has 0 amide bonds. The number of ether oxygens (including phenoxy) is 1. The Balaban J connectivity index is 1.30. The molecule has 2 saturated heterocycles. The molecule has 0 N–H and O–H groups in total. The highest BCUT2D eigenvalue weighted by Crippen LogP contribution is 2.27. The molecule has 39 heavy (non-hydrogen) atoms. The van der Waals surface area contributed by atoms with Crippen LogP contribution in [0.2, 0.25) is 0 Å². The molecule has 2 fully saturated rings. The van der Waals surface area contributed by atoms with Crippen molar-refractivity contribution in [2.45, 2.75) is 97.7 Å². The van der Waals surface area contributed by atoms with Crippen LogP contribution in [-0.4, -0.2) is 68.9 Å². The maximum absolute atomic E-state index is 12.8. The molecular weight excluding hydrogens is 504 g/mol. The van der Waals surface area contributed by atoms with E-state index in [-0.39, 0.29) is 5.78 Å². The van der Waals surface area contributed by atoms with E-state index in [0.29, 0.717) is 30.0 Å². The molecule has 1 atom stereocenters. The number of piperidine rings is 1. The van der Waals surface area contributed by atoms with E-state index in [2.05, 4.69) is 57.9 Å². The number of hydrogen-bond donors (Lipinski definition) is 0. The van der Waals surface area contributed by atoms with Crippen LogP contribution in [0.15, 0.2) is 30.6 Å². The molecule has 7 heteroatoms. The van der Waals surface area contributed by atoms with Gasteiger partial charge in [0.05, 0.1) is 21.9 Å². The number of nitrogens with zero attached hydrogens (tertiary/aromatic N) is 4.